The minimum atomic E-state index is -1.10. The Bertz CT molecular complexity index is 601. The number of carboxylic acids is 1. The zero-order valence-electron chi connectivity index (χ0n) is 11.4. The van der Waals surface area contributed by atoms with Crippen molar-refractivity contribution >= 4 is 17.6 Å². The summed E-state index contributed by atoms with van der Waals surface area (Å²) in [6.07, 6.45) is 0. The van der Waals surface area contributed by atoms with Gasteiger partial charge in [-0.05, 0) is 12.5 Å². The maximum absolute atomic E-state index is 12.5. The molecule has 0 bridgehead atoms. The van der Waals surface area contributed by atoms with E-state index in [-0.39, 0.29) is 24.3 Å². The van der Waals surface area contributed by atoms with Gasteiger partial charge < -0.3 is 15.3 Å². The van der Waals surface area contributed by atoms with E-state index >= 15 is 0 Å². The van der Waals surface area contributed by atoms with Gasteiger partial charge in [0, 0.05) is 37.3 Å². The van der Waals surface area contributed by atoms with Gasteiger partial charge in [-0.1, -0.05) is 6.07 Å². The van der Waals surface area contributed by atoms with Crippen molar-refractivity contribution < 1.29 is 19.6 Å². The number of carboxylic acid groups (broad SMARTS) is 1. The van der Waals surface area contributed by atoms with E-state index in [1.807, 2.05) is 0 Å². The molecule has 1 atom stereocenters. The summed E-state index contributed by atoms with van der Waals surface area (Å²) >= 11 is 0. The summed E-state index contributed by atoms with van der Waals surface area (Å²) in [5.41, 5.74) is 0.552. The van der Waals surface area contributed by atoms with Crippen molar-refractivity contribution in [2.24, 2.45) is 0 Å². The van der Waals surface area contributed by atoms with Crippen LogP contribution in [0.15, 0.2) is 18.2 Å². The third-order valence-corrected chi connectivity index (χ3v) is 3.45. The summed E-state index contributed by atoms with van der Waals surface area (Å²) in [6.45, 7) is 2.56. The average Bonchev–Trinajstić information content (AvgIpc) is 2.46. The fourth-order valence-corrected chi connectivity index (χ4v) is 2.28. The second-order valence-electron chi connectivity index (χ2n) is 4.81. The molecule has 1 amide bonds. The predicted molar refractivity (Wildman–Crippen MR) is 73.2 cm³/mol. The van der Waals surface area contributed by atoms with E-state index in [4.69, 9.17) is 0 Å². The number of hydrogen-bond acceptors (Lipinski definition) is 5. The van der Waals surface area contributed by atoms with Crippen LogP contribution in [0.1, 0.15) is 15.9 Å². The number of carbonyl (C=O) groups excluding carboxylic acids is 1. The summed E-state index contributed by atoms with van der Waals surface area (Å²) < 4.78 is 0. The van der Waals surface area contributed by atoms with Crippen LogP contribution in [0.5, 0.6) is 0 Å². The number of carbonyl (C=O) groups is 2. The Balaban J connectivity index is 2.36. The minimum absolute atomic E-state index is 0.162. The average molecular weight is 293 g/mol. The highest BCUT2D eigenvalue weighted by Gasteiger charge is 2.33. The van der Waals surface area contributed by atoms with Gasteiger partial charge in [0.1, 0.15) is 6.04 Å². The van der Waals surface area contributed by atoms with Gasteiger partial charge in [-0.2, -0.15) is 0 Å². The number of piperazine rings is 1. The summed E-state index contributed by atoms with van der Waals surface area (Å²) in [6, 6.07) is 3.03. The molecule has 1 unspecified atom stereocenters. The van der Waals surface area contributed by atoms with Crippen LogP contribution in [0.3, 0.4) is 0 Å². The molecule has 0 saturated carbocycles. The Morgan fingerprint density at radius 1 is 1.48 bits per heavy atom. The first kappa shape index (κ1) is 14.9. The molecule has 112 valence electrons. The second kappa shape index (κ2) is 5.88. The van der Waals surface area contributed by atoms with E-state index in [9.17, 15) is 24.8 Å². The molecular formula is C13H15N3O5. The lowest BCUT2D eigenvalue weighted by molar-refractivity contribution is -0.384. The first-order valence-corrected chi connectivity index (χ1v) is 6.41. The van der Waals surface area contributed by atoms with E-state index in [0.717, 1.165) is 0 Å². The number of benzene rings is 1. The Hall–Kier alpha value is -2.48. The van der Waals surface area contributed by atoms with Crippen molar-refractivity contribution in [1.29, 1.82) is 0 Å². The molecule has 2 N–H and O–H groups in total. The molecule has 21 heavy (non-hydrogen) atoms. The molecule has 1 aliphatic rings. The molecule has 1 heterocycles. The van der Waals surface area contributed by atoms with Gasteiger partial charge in [-0.3, -0.25) is 14.9 Å². The standard InChI is InChI=1S/C13H15N3O5/c1-8-2-3-9(16(20)21)6-10(8)12(17)15-5-4-14-7-11(15)13(18)19/h2-3,6,11,14H,4-5,7H2,1H3,(H,18,19). The highest BCUT2D eigenvalue weighted by molar-refractivity contribution is 5.98. The molecule has 2 rings (SSSR count). The lowest BCUT2D eigenvalue weighted by Gasteiger charge is -2.33. The van der Waals surface area contributed by atoms with Crippen molar-refractivity contribution in [1.82, 2.24) is 10.2 Å². The third kappa shape index (κ3) is 3.00. The van der Waals surface area contributed by atoms with E-state index in [1.54, 1.807) is 6.92 Å². The fourth-order valence-electron chi connectivity index (χ4n) is 2.28. The van der Waals surface area contributed by atoms with Crippen LogP contribution < -0.4 is 5.32 Å². The van der Waals surface area contributed by atoms with Crippen molar-refractivity contribution in [3.63, 3.8) is 0 Å². The first-order chi connectivity index (χ1) is 9.91. The van der Waals surface area contributed by atoms with E-state index in [0.29, 0.717) is 12.1 Å². The van der Waals surface area contributed by atoms with E-state index in [1.165, 1.54) is 23.1 Å². The number of hydrogen-bond donors (Lipinski definition) is 2. The third-order valence-electron chi connectivity index (χ3n) is 3.45. The highest BCUT2D eigenvalue weighted by atomic mass is 16.6. The SMILES string of the molecule is Cc1ccc([N+](=O)[O-])cc1C(=O)N1CCNCC1C(=O)O. The van der Waals surface area contributed by atoms with Gasteiger partial charge in [0.2, 0.25) is 0 Å². The summed E-state index contributed by atoms with van der Waals surface area (Å²) in [7, 11) is 0. The molecule has 1 fully saturated rings. The smallest absolute Gasteiger partial charge is 0.327 e. The van der Waals surface area contributed by atoms with Crippen LogP contribution in [0.25, 0.3) is 0 Å². The van der Waals surface area contributed by atoms with Crippen LogP contribution in [0.2, 0.25) is 0 Å². The van der Waals surface area contributed by atoms with Gasteiger partial charge in [0.15, 0.2) is 0 Å². The first-order valence-electron chi connectivity index (χ1n) is 6.41. The molecule has 0 aromatic heterocycles. The number of nitrogens with one attached hydrogen (secondary N) is 1. The van der Waals surface area contributed by atoms with E-state index in [2.05, 4.69) is 5.32 Å². The molecule has 1 aromatic rings. The molecule has 8 heteroatoms. The summed E-state index contributed by atoms with van der Waals surface area (Å²) in [5, 5.41) is 22.9. The summed E-state index contributed by atoms with van der Waals surface area (Å²) in [5.74, 6) is -1.59. The van der Waals surface area contributed by atoms with Crippen molar-refractivity contribution in [2.75, 3.05) is 19.6 Å². The molecule has 0 radical (unpaired) electrons. The number of rotatable bonds is 3. The maximum atomic E-state index is 12.5. The van der Waals surface area contributed by atoms with Gasteiger partial charge in [0.05, 0.1) is 4.92 Å². The number of nitrogens with zero attached hydrogens (tertiary/aromatic N) is 2. The van der Waals surface area contributed by atoms with Gasteiger partial charge in [-0.25, -0.2) is 4.79 Å². The molecular weight excluding hydrogens is 278 g/mol. The van der Waals surface area contributed by atoms with Crippen LogP contribution in [0, 0.1) is 17.0 Å². The van der Waals surface area contributed by atoms with Gasteiger partial charge >= 0.3 is 5.97 Å². The van der Waals surface area contributed by atoms with Crippen molar-refractivity contribution in [3.8, 4) is 0 Å². The number of amides is 1. The monoisotopic (exact) mass is 293 g/mol. The Labute approximate surface area is 120 Å². The maximum Gasteiger partial charge on any atom is 0.327 e. The van der Waals surface area contributed by atoms with Crippen molar-refractivity contribution in [2.45, 2.75) is 13.0 Å². The molecule has 0 aliphatic carbocycles. The van der Waals surface area contributed by atoms with E-state index < -0.39 is 22.8 Å². The minimum Gasteiger partial charge on any atom is -0.480 e. The molecule has 0 spiro atoms. The van der Waals surface area contributed by atoms with Crippen LogP contribution in [-0.2, 0) is 4.79 Å². The predicted octanol–water partition coefficient (Wildman–Crippen LogP) is 0.402. The van der Waals surface area contributed by atoms with Crippen LogP contribution >= 0.6 is 0 Å². The fraction of sp³-hybridized carbons (Fsp3) is 0.385. The largest absolute Gasteiger partial charge is 0.480 e. The molecule has 1 aromatic carbocycles. The normalized spacial score (nSPS) is 18.3. The number of aryl methyl sites for hydroxylation is 1. The Morgan fingerprint density at radius 3 is 2.81 bits per heavy atom. The van der Waals surface area contributed by atoms with Crippen LogP contribution in [0.4, 0.5) is 5.69 Å². The highest BCUT2D eigenvalue weighted by Crippen LogP contribution is 2.20. The molecule has 8 nitrogen and oxygen atoms in total. The zero-order valence-corrected chi connectivity index (χ0v) is 11.4. The Kier molecular flexibility index (Phi) is 4.18. The number of aliphatic carboxylic acids is 1. The molecule has 1 saturated heterocycles. The van der Waals surface area contributed by atoms with Gasteiger partial charge in [-0.15, -0.1) is 0 Å². The zero-order chi connectivity index (χ0) is 15.6. The lowest BCUT2D eigenvalue weighted by atomic mass is 10.0. The Morgan fingerprint density at radius 2 is 2.19 bits per heavy atom. The molecule has 1 aliphatic heterocycles. The lowest BCUT2D eigenvalue weighted by Crippen LogP contribution is -2.57. The number of non-ortho nitro benzene ring substituents is 1. The number of nitro groups is 1. The van der Waals surface area contributed by atoms with Crippen LogP contribution in [-0.4, -0.2) is 52.5 Å². The quantitative estimate of drug-likeness (QED) is 0.616. The van der Waals surface area contributed by atoms with Crippen molar-refractivity contribution in [3.05, 3.63) is 39.4 Å². The summed E-state index contributed by atoms with van der Waals surface area (Å²) in [4.78, 5) is 35.2. The topological polar surface area (TPSA) is 113 Å². The number of nitro benzene ring substituents is 1. The second-order valence-corrected chi connectivity index (χ2v) is 4.81. The van der Waals surface area contributed by atoms with Gasteiger partial charge in [0.25, 0.3) is 11.6 Å².